The molecule has 238 valence electrons. The molecule has 10 heteroatoms. The normalized spacial score (nSPS) is 14.7. The standard InChI is InChI=1S/C33H50N4O6/c1-20(2)25(17-21(3)30(40)41)36(11)29(39)27(32(4,5)6)34-28(38)26(37(12)31(42)43-33(7,8)9)18-22-19-35(10)24-16-14-13-15-23(22)24/h13-17,19-20,25-27H,18H2,1-12H3,(H,34,38)(H,40,41)/b21-17+/t25-,26+,27-/m1/s1. The summed E-state index contributed by atoms with van der Waals surface area (Å²) in [6, 6.07) is 5.36. The maximum Gasteiger partial charge on any atom is 0.410 e. The van der Waals surface area contributed by atoms with E-state index >= 15 is 0 Å². The van der Waals surface area contributed by atoms with E-state index in [1.807, 2.05) is 76.7 Å². The van der Waals surface area contributed by atoms with Crippen LogP contribution in [-0.4, -0.2) is 81.2 Å². The van der Waals surface area contributed by atoms with Crippen molar-refractivity contribution in [3.63, 3.8) is 0 Å². The molecular formula is C33H50N4O6. The molecule has 3 amide bonds. The van der Waals surface area contributed by atoms with Gasteiger partial charge < -0.3 is 24.6 Å². The molecule has 0 unspecified atom stereocenters. The van der Waals surface area contributed by atoms with Gasteiger partial charge in [0.25, 0.3) is 0 Å². The number of carbonyl (C=O) groups is 4. The van der Waals surface area contributed by atoms with Gasteiger partial charge in [0.05, 0.1) is 6.04 Å². The number of hydrogen-bond acceptors (Lipinski definition) is 5. The van der Waals surface area contributed by atoms with E-state index < -0.39 is 47.1 Å². The minimum Gasteiger partial charge on any atom is -0.478 e. The summed E-state index contributed by atoms with van der Waals surface area (Å²) in [6.07, 6.45) is 3.04. The van der Waals surface area contributed by atoms with Crippen LogP contribution in [0.3, 0.4) is 0 Å². The number of fused-ring (bicyclic) bond motifs is 1. The lowest BCUT2D eigenvalue weighted by Crippen LogP contribution is -2.60. The zero-order chi connectivity index (χ0) is 33.0. The molecule has 10 nitrogen and oxygen atoms in total. The zero-order valence-corrected chi connectivity index (χ0v) is 27.8. The lowest BCUT2D eigenvalue weighted by molar-refractivity contribution is -0.141. The Kier molecular flexibility index (Phi) is 11.2. The minimum absolute atomic E-state index is 0.0861. The predicted molar refractivity (Wildman–Crippen MR) is 169 cm³/mol. The van der Waals surface area contributed by atoms with Crippen molar-refractivity contribution in [2.24, 2.45) is 18.4 Å². The number of carboxylic acids is 1. The molecule has 3 atom stereocenters. The van der Waals surface area contributed by atoms with E-state index in [1.165, 1.54) is 23.8 Å². The van der Waals surface area contributed by atoms with E-state index in [-0.39, 0.29) is 23.8 Å². The Morgan fingerprint density at radius 3 is 2.12 bits per heavy atom. The van der Waals surface area contributed by atoms with Gasteiger partial charge in [-0.3, -0.25) is 14.5 Å². The smallest absolute Gasteiger partial charge is 0.410 e. The van der Waals surface area contributed by atoms with Crippen molar-refractivity contribution in [3.8, 4) is 0 Å². The third-order valence-electron chi connectivity index (χ3n) is 7.48. The Hall–Kier alpha value is -3.82. The fraction of sp³-hybridized carbons (Fsp3) is 0.576. The monoisotopic (exact) mass is 598 g/mol. The number of aliphatic carboxylic acids is 1. The molecule has 2 rings (SSSR count). The van der Waals surface area contributed by atoms with Gasteiger partial charge in [0.2, 0.25) is 11.8 Å². The van der Waals surface area contributed by atoms with Crippen molar-refractivity contribution in [2.45, 2.75) is 92.5 Å². The molecule has 2 N–H and O–H groups in total. The van der Waals surface area contributed by atoms with E-state index in [0.717, 1.165) is 16.5 Å². The van der Waals surface area contributed by atoms with Crippen molar-refractivity contribution in [1.82, 2.24) is 19.7 Å². The molecule has 0 saturated carbocycles. The summed E-state index contributed by atoms with van der Waals surface area (Å²) in [5.41, 5.74) is 0.516. The number of carbonyl (C=O) groups excluding carboxylic acids is 3. The predicted octanol–water partition coefficient (Wildman–Crippen LogP) is 5.00. The van der Waals surface area contributed by atoms with Crippen LogP contribution in [0, 0.1) is 11.3 Å². The second-order valence-corrected chi connectivity index (χ2v) is 13.7. The number of aromatic nitrogens is 1. The molecular weight excluding hydrogens is 548 g/mol. The summed E-state index contributed by atoms with van der Waals surface area (Å²) < 4.78 is 7.58. The highest BCUT2D eigenvalue weighted by atomic mass is 16.6. The fourth-order valence-electron chi connectivity index (χ4n) is 4.98. The maximum absolute atomic E-state index is 14.1. The first-order valence-corrected chi connectivity index (χ1v) is 14.6. The number of nitrogens with one attached hydrogen (secondary N) is 1. The van der Waals surface area contributed by atoms with Crippen LogP contribution in [-0.2, 0) is 32.6 Å². The highest BCUT2D eigenvalue weighted by Crippen LogP contribution is 2.26. The van der Waals surface area contributed by atoms with Crippen LogP contribution in [0.15, 0.2) is 42.1 Å². The van der Waals surface area contributed by atoms with Crippen molar-refractivity contribution in [2.75, 3.05) is 14.1 Å². The number of nitrogens with zero attached hydrogens (tertiary/aromatic N) is 3. The molecule has 2 aromatic rings. The number of likely N-dealkylation sites (N-methyl/N-ethyl adjacent to an activating group) is 2. The number of amides is 3. The lowest BCUT2D eigenvalue weighted by atomic mass is 9.84. The van der Waals surface area contributed by atoms with Gasteiger partial charge in [0, 0.05) is 50.2 Å². The molecule has 0 aliphatic rings. The Morgan fingerprint density at radius 1 is 1.02 bits per heavy atom. The topological polar surface area (TPSA) is 121 Å². The van der Waals surface area contributed by atoms with E-state index in [2.05, 4.69) is 5.32 Å². The Labute approximate surface area is 256 Å². The van der Waals surface area contributed by atoms with Gasteiger partial charge in [0.15, 0.2) is 0 Å². The lowest BCUT2D eigenvalue weighted by Gasteiger charge is -2.38. The van der Waals surface area contributed by atoms with Crippen molar-refractivity contribution in [1.29, 1.82) is 0 Å². The van der Waals surface area contributed by atoms with Crippen LogP contribution in [0.4, 0.5) is 4.79 Å². The quantitative estimate of drug-likeness (QED) is 0.371. The zero-order valence-electron chi connectivity index (χ0n) is 27.8. The first-order valence-electron chi connectivity index (χ1n) is 14.6. The fourth-order valence-corrected chi connectivity index (χ4v) is 4.98. The molecule has 0 spiro atoms. The number of benzene rings is 1. The summed E-state index contributed by atoms with van der Waals surface area (Å²) in [4.78, 5) is 55.6. The Bertz CT molecular complexity index is 1360. The number of aryl methyl sites for hydroxylation is 1. The maximum atomic E-state index is 14.1. The Balaban J connectivity index is 2.52. The van der Waals surface area contributed by atoms with Crippen LogP contribution in [0.25, 0.3) is 10.9 Å². The first-order chi connectivity index (χ1) is 19.7. The van der Waals surface area contributed by atoms with E-state index in [1.54, 1.807) is 33.9 Å². The summed E-state index contributed by atoms with van der Waals surface area (Å²) in [7, 11) is 5.07. The summed E-state index contributed by atoms with van der Waals surface area (Å²) >= 11 is 0. The number of rotatable bonds is 10. The van der Waals surface area contributed by atoms with Gasteiger partial charge in [-0.2, -0.15) is 0 Å². The highest BCUT2D eigenvalue weighted by molar-refractivity contribution is 5.93. The molecule has 0 bridgehead atoms. The van der Waals surface area contributed by atoms with Gasteiger partial charge in [-0.15, -0.1) is 0 Å². The molecule has 0 radical (unpaired) electrons. The molecule has 0 saturated heterocycles. The molecule has 0 fully saturated rings. The number of ether oxygens (including phenoxy) is 1. The van der Waals surface area contributed by atoms with Crippen molar-refractivity contribution in [3.05, 3.63) is 47.7 Å². The van der Waals surface area contributed by atoms with Gasteiger partial charge in [0.1, 0.15) is 17.7 Å². The minimum atomic E-state index is -1.06. The second kappa shape index (κ2) is 13.7. The SMILES string of the molecule is C/C(=C\[C@H](C(C)C)N(C)C(=O)[C@@H](NC(=O)[C@H](Cc1cn(C)c2ccccc12)N(C)C(=O)OC(C)(C)C)C(C)(C)C)C(=O)O. The van der Waals surface area contributed by atoms with Crippen LogP contribution < -0.4 is 5.32 Å². The number of hydrogen-bond donors (Lipinski definition) is 2. The molecule has 1 heterocycles. The largest absolute Gasteiger partial charge is 0.478 e. The third kappa shape index (κ3) is 9.08. The van der Waals surface area contributed by atoms with Crippen molar-refractivity contribution < 1.29 is 29.0 Å². The average Bonchev–Trinajstić information content (AvgIpc) is 3.20. The molecule has 43 heavy (non-hydrogen) atoms. The first kappa shape index (κ1) is 35.4. The van der Waals surface area contributed by atoms with E-state index in [4.69, 9.17) is 4.74 Å². The van der Waals surface area contributed by atoms with Crippen LogP contribution >= 0.6 is 0 Å². The average molecular weight is 599 g/mol. The van der Waals surface area contributed by atoms with Gasteiger partial charge in [-0.25, -0.2) is 9.59 Å². The Morgan fingerprint density at radius 2 is 1.60 bits per heavy atom. The summed E-state index contributed by atoms with van der Waals surface area (Å²) in [6.45, 7) is 16.1. The number of carboxylic acid groups (broad SMARTS) is 1. The van der Waals surface area contributed by atoms with Crippen LogP contribution in [0.2, 0.25) is 0 Å². The molecule has 1 aromatic carbocycles. The van der Waals surface area contributed by atoms with Crippen LogP contribution in [0.5, 0.6) is 0 Å². The summed E-state index contributed by atoms with van der Waals surface area (Å²) in [5.74, 6) is -2.01. The van der Waals surface area contributed by atoms with Gasteiger partial charge in [-0.05, 0) is 50.7 Å². The number of para-hydroxylation sites is 1. The van der Waals surface area contributed by atoms with E-state index in [9.17, 15) is 24.3 Å². The van der Waals surface area contributed by atoms with Gasteiger partial charge >= 0.3 is 12.1 Å². The summed E-state index contributed by atoms with van der Waals surface area (Å²) in [5, 5.41) is 13.4. The third-order valence-corrected chi connectivity index (χ3v) is 7.48. The molecule has 1 aromatic heterocycles. The van der Waals surface area contributed by atoms with Crippen molar-refractivity contribution >= 4 is 34.8 Å². The van der Waals surface area contributed by atoms with Crippen LogP contribution in [0.1, 0.15) is 67.9 Å². The van der Waals surface area contributed by atoms with E-state index in [0.29, 0.717) is 0 Å². The molecule has 0 aliphatic carbocycles. The molecule has 0 aliphatic heterocycles. The highest BCUT2D eigenvalue weighted by Gasteiger charge is 2.40. The second-order valence-electron chi connectivity index (χ2n) is 13.7. The van der Waals surface area contributed by atoms with Gasteiger partial charge in [-0.1, -0.05) is 58.9 Å².